The normalized spacial score (nSPS) is 20.0. The molecular weight excluding hydrogens is 365 g/mol. The quantitative estimate of drug-likeness (QED) is 0.761. The van der Waals surface area contributed by atoms with Gasteiger partial charge in [0.15, 0.2) is 0 Å². The molecule has 2 aromatic rings. The maximum absolute atomic E-state index is 14.6. The number of halogens is 1. The molecule has 2 aromatic carbocycles. The summed E-state index contributed by atoms with van der Waals surface area (Å²) >= 11 is 0. The van der Waals surface area contributed by atoms with Gasteiger partial charge in [0.2, 0.25) is 0 Å². The number of carbonyl (C=O) groups is 1. The molecule has 2 aliphatic heterocycles. The Hall–Kier alpha value is -2.53. The molecule has 0 aliphatic carbocycles. The highest BCUT2D eigenvalue weighted by Gasteiger charge is 2.35. The lowest BCUT2D eigenvalue weighted by Gasteiger charge is -2.29. The van der Waals surface area contributed by atoms with Crippen molar-refractivity contribution >= 4 is 11.6 Å². The predicted octanol–water partition coefficient (Wildman–Crippen LogP) is 4.61. The molecule has 0 spiro atoms. The topological polar surface area (TPSA) is 35.9 Å². The molecule has 152 valence electrons. The van der Waals surface area contributed by atoms with Gasteiger partial charge in [-0.2, -0.15) is 5.10 Å². The van der Waals surface area contributed by atoms with E-state index in [1.165, 1.54) is 17.5 Å². The second-order valence-corrected chi connectivity index (χ2v) is 8.18. The Balaban J connectivity index is 1.66. The van der Waals surface area contributed by atoms with Crippen LogP contribution in [-0.4, -0.2) is 41.2 Å². The number of nitrogens with zero attached hydrogens (tertiary/aromatic N) is 3. The zero-order chi connectivity index (χ0) is 20.4. The third kappa shape index (κ3) is 4.25. The summed E-state index contributed by atoms with van der Waals surface area (Å²) in [5.41, 5.74) is 4.69. The molecule has 0 radical (unpaired) electrons. The molecule has 4 rings (SSSR count). The fourth-order valence-electron chi connectivity index (χ4n) is 4.32. The Labute approximate surface area is 172 Å². The lowest BCUT2D eigenvalue weighted by atomic mass is 9.95. The number of rotatable bonds is 4. The van der Waals surface area contributed by atoms with Crippen molar-refractivity contribution in [2.24, 2.45) is 5.10 Å². The molecule has 29 heavy (non-hydrogen) atoms. The molecule has 0 N–H and O–H groups in total. The molecule has 1 atom stereocenters. The highest BCUT2D eigenvalue weighted by Crippen LogP contribution is 2.35. The van der Waals surface area contributed by atoms with Crippen molar-refractivity contribution in [3.8, 4) is 0 Å². The lowest BCUT2D eigenvalue weighted by molar-refractivity contribution is -0.134. The van der Waals surface area contributed by atoms with Crippen LogP contribution in [0.1, 0.15) is 54.0 Å². The SMILES string of the molecule is Cc1ccc(C)c(C2=NN(C(=O)CN3CCCCC3)C(c3ccccc3F)C2)c1. The van der Waals surface area contributed by atoms with Gasteiger partial charge in [0.05, 0.1) is 18.3 Å². The number of benzene rings is 2. The standard InChI is InChI=1S/C24H28FN3O/c1-17-10-11-18(2)20(14-17)22-15-23(19-8-4-5-9-21(19)25)28(26-22)24(29)16-27-12-6-3-7-13-27/h4-5,8-11,14,23H,3,6-7,12-13,15-16H2,1-2H3. The lowest BCUT2D eigenvalue weighted by Crippen LogP contribution is -2.40. The molecule has 2 heterocycles. The van der Waals surface area contributed by atoms with Gasteiger partial charge in [0.25, 0.3) is 5.91 Å². The van der Waals surface area contributed by atoms with Crippen molar-refractivity contribution in [3.05, 3.63) is 70.5 Å². The third-order valence-corrected chi connectivity index (χ3v) is 5.94. The number of amides is 1. The molecule has 0 saturated carbocycles. The Kier molecular flexibility index (Phi) is 5.76. The minimum atomic E-state index is -0.400. The fraction of sp³-hybridized carbons (Fsp3) is 0.417. The van der Waals surface area contributed by atoms with E-state index < -0.39 is 6.04 Å². The monoisotopic (exact) mass is 393 g/mol. The first-order valence-corrected chi connectivity index (χ1v) is 10.5. The summed E-state index contributed by atoms with van der Waals surface area (Å²) in [4.78, 5) is 15.4. The molecule has 0 bridgehead atoms. The first kappa shape index (κ1) is 19.8. The van der Waals surface area contributed by atoms with E-state index in [0.717, 1.165) is 48.3 Å². The molecule has 0 aromatic heterocycles. The first-order valence-electron chi connectivity index (χ1n) is 10.5. The van der Waals surface area contributed by atoms with E-state index in [1.807, 2.05) is 19.9 Å². The number of hydrogen-bond acceptors (Lipinski definition) is 3. The van der Waals surface area contributed by atoms with Gasteiger partial charge in [0, 0.05) is 17.5 Å². The number of piperidine rings is 1. The molecule has 1 amide bonds. The van der Waals surface area contributed by atoms with Crippen molar-refractivity contribution in [1.29, 1.82) is 0 Å². The third-order valence-electron chi connectivity index (χ3n) is 5.94. The van der Waals surface area contributed by atoms with Gasteiger partial charge in [-0.3, -0.25) is 9.69 Å². The molecule has 4 nitrogen and oxygen atoms in total. The Morgan fingerprint density at radius 2 is 1.86 bits per heavy atom. The summed E-state index contributed by atoms with van der Waals surface area (Å²) in [5, 5.41) is 6.26. The molecule has 2 aliphatic rings. The Morgan fingerprint density at radius 3 is 2.62 bits per heavy atom. The minimum absolute atomic E-state index is 0.0551. The fourth-order valence-corrected chi connectivity index (χ4v) is 4.32. The highest BCUT2D eigenvalue weighted by atomic mass is 19.1. The minimum Gasteiger partial charge on any atom is -0.294 e. The molecule has 1 fully saturated rings. The van der Waals surface area contributed by atoms with Crippen LogP contribution >= 0.6 is 0 Å². The average Bonchev–Trinajstić information content (AvgIpc) is 3.16. The zero-order valence-electron chi connectivity index (χ0n) is 17.2. The Morgan fingerprint density at radius 1 is 1.10 bits per heavy atom. The summed E-state index contributed by atoms with van der Waals surface area (Å²) in [7, 11) is 0. The van der Waals surface area contributed by atoms with Crippen LogP contribution in [0.2, 0.25) is 0 Å². The summed E-state index contributed by atoms with van der Waals surface area (Å²) in [6.45, 7) is 6.32. The van der Waals surface area contributed by atoms with Crippen molar-refractivity contribution in [1.82, 2.24) is 9.91 Å². The van der Waals surface area contributed by atoms with Crippen LogP contribution in [0.3, 0.4) is 0 Å². The highest BCUT2D eigenvalue weighted by molar-refractivity contribution is 6.04. The number of aryl methyl sites for hydroxylation is 2. The van der Waals surface area contributed by atoms with Crippen molar-refractivity contribution in [2.45, 2.75) is 45.6 Å². The van der Waals surface area contributed by atoms with E-state index in [0.29, 0.717) is 18.5 Å². The van der Waals surface area contributed by atoms with Gasteiger partial charge in [-0.1, -0.05) is 42.3 Å². The predicted molar refractivity (Wildman–Crippen MR) is 113 cm³/mol. The van der Waals surface area contributed by atoms with E-state index >= 15 is 0 Å². The smallest absolute Gasteiger partial charge is 0.257 e. The molecule has 1 saturated heterocycles. The average molecular weight is 394 g/mol. The number of likely N-dealkylation sites (tertiary alicyclic amines) is 1. The second-order valence-electron chi connectivity index (χ2n) is 8.18. The van der Waals surface area contributed by atoms with E-state index in [4.69, 9.17) is 5.10 Å². The van der Waals surface area contributed by atoms with Crippen LogP contribution in [0.25, 0.3) is 0 Å². The van der Waals surface area contributed by atoms with Gasteiger partial charge in [-0.15, -0.1) is 0 Å². The maximum Gasteiger partial charge on any atom is 0.257 e. The Bertz CT molecular complexity index is 933. The maximum atomic E-state index is 14.6. The molecular formula is C24H28FN3O. The van der Waals surface area contributed by atoms with Crippen LogP contribution in [0.15, 0.2) is 47.6 Å². The summed E-state index contributed by atoms with van der Waals surface area (Å²) in [6, 6.07) is 12.6. The van der Waals surface area contributed by atoms with Gasteiger partial charge in [-0.05, 0) is 57.5 Å². The van der Waals surface area contributed by atoms with Crippen LogP contribution in [0.4, 0.5) is 4.39 Å². The number of carbonyl (C=O) groups excluding carboxylic acids is 1. The summed E-state index contributed by atoms with van der Waals surface area (Å²) < 4.78 is 14.6. The van der Waals surface area contributed by atoms with E-state index in [1.54, 1.807) is 12.1 Å². The van der Waals surface area contributed by atoms with Crippen molar-refractivity contribution in [3.63, 3.8) is 0 Å². The van der Waals surface area contributed by atoms with Crippen LogP contribution in [0.5, 0.6) is 0 Å². The van der Waals surface area contributed by atoms with Crippen LogP contribution in [-0.2, 0) is 4.79 Å². The number of hydrogen-bond donors (Lipinski definition) is 0. The van der Waals surface area contributed by atoms with Gasteiger partial charge < -0.3 is 0 Å². The first-order chi connectivity index (χ1) is 14.0. The van der Waals surface area contributed by atoms with E-state index in [-0.39, 0.29) is 11.7 Å². The van der Waals surface area contributed by atoms with E-state index in [2.05, 4.69) is 23.1 Å². The van der Waals surface area contributed by atoms with Gasteiger partial charge in [-0.25, -0.2) is 9.40 Å². The van der Waals surface area contributed by atoms with Crippen LogP contribution < -0.4 is 0 Å². The zero-order valence-corrected chi connectivity index (χ0v) is 17.2. The van der Waals surface area contributed by atoms with E-state index in [9.17, 15) is 9.18 Å². The molecule has 5 heteroatoms. The van der Waals surface area contributed by atoms with Crippen LogP contribution in [0, 0.1) is 19.7 Å². The van der Waals surface area contributed by atoms with Gasteiger partial charge in [0.1, 0.15) is 5.82 Å². The summed E-state index contributed by atoms with van der Waals surface area (Å²) in [6.07, 6.45) is 4.00. The second kappa shape index (κ2) is 8.46. The number of hydrazone groups is 1. The van der Waals surface area contributed by atoms with Gasteiger partial charge >= 0.3 is 0 Å². The molecule has 1 unspecified atom stereocenters. The summed E-state index contributed by atoms with van der Waals surface area (Å²) in [5.74, 6) is -0.342. The van der Waals surface area contributed by atoms with Crippen molar-refractivity contribution in [2.75, 3.05) is 19.6 Å². The largest absolute Gasteiger partial charge is 0.294 e. The van der Waals surface area contributed by atoms with Crippen molar-refractivity contribution < 1.29 is 9.18 Å².